The number of nitrogens with one attached hydrogen (secondary N) is 1. The van der Waals surface area contributed by atoms with Crippen molar-refractivity contribution in [3.8, 4) is 0 Å². The van der Waals surface area contributed by atoms with Gasteiger partial charge in [-0.1, -0.05) is 71.1 Å². The first kappa shape index (κ1) is 46.3. The van der Waals surface area contributed by atoms with E-state index in [1.54, 1.807) is 57.7 Å². The van der Waals surface area contributed by atoms with Gasteiger partial charge in [0.1, 0.15) is 24.2 Å². The van der Waals surface area contributed by atoms with Crippen LogP contribution < -0.4 is 5.32 Å². The fourth-order valence-electron chi connectivity index (χ4n) is 7.38. The minimum atomic E-state index is -5.25. The maximum absolute atomic E-state index is 16.4. The number of aromatic nitrogens is 3. The number of thiophene rings is 1. The number of halogens is 2. The maximum atomic E-state index is 16.4. The van der Waals surface area contributed by atoms with Crippen molar-refractivity contribution in [1.29, 1.82) is 0 Å². The van der Waals surface area contributed by atoms with Gasteiger partial charge in [-0.25, -0.2) is 0 Å². The lowest BCUT2D eigenvalue weighted by atomic mass is 9.97. The third-order valence-electron chi connectivity index (χ3n) is 10.8. The Morgan fingerprint density at radius 3 is 2.15 bits per heavy atom. The predicted octanol–water partition coefficient (Wildman–Crippen LogP) is 7.19. The Hall–Kier alpha value is -3.22. The highest BCUT2D eigenvalue weighted by Gasteiger charge is 2.55. The van der Waals surface area contributed by atoms with Gasteiger partial charge in [-0.05, 0) is 55.7 Å². The van der Waals surface area contributed by atoms with Gasteiger partial charge in [0.2, 0.25) is 11.8 Å². The van der Waals surface area contributed by atoms with Crippen LogP contribution in [-0.4, -0.2) is 108 Å². The highest BCUT2D eigenvalue weighted by molar-refractivity contribution is 8.14. The molecule has 2 aromatic heterocycles. The number of likely N-dealkylation sites (tertiary alicyclic amines) is 1. The molecule has 1 aromatic carbocycles. The van der Waals surface area contributed by atoms with E-state index < -0.39 is 60.9 Å². The molecule has 3 saturated heterocycles. The smallest absolute Gasteiger partial charge is 0.340 e. The molecule has 328 valence electrons. The Labute approximate surface area is 361 Å². The van der Waals surface area contributed by atoms with E-state index in [0.29, 0.717) is 49.9 Å². The Morgan fingerprint density at radius 1 is 0.933 bits per heavy atom. The van der Waals surface area contributed by atoms with Crippen molar-refractivity contribution in [2.24, 2.45) is 17.9 Å². The molecule has 6 rings (SSSR count). The summed E-state index contributed by atoms with van der Waals surface area (Å²) in [5.41, 5.74) is -6.18. The van der Waals surface area contributed by atoms with Crippen molar-refractivity contribution in [2.75, 3.05) is 37.8 Å². The van der Waals surface area contributed by atoms with Crippen molar-refractivity contribution in [2.45, 2.75) is 103 Å². The fourth-order valence-corrected chi connectivity index (χ4v) is 11.7. The summed E-state index contributed by atoms with van der Waals surface area (Å²) in [6.45, 7) is 10.4. The van der Waals surface area contributed by atoms with Crippen LogP contribution in [0, 0.1) is 10.8 Å². The minimum Gasteiger partial charge on any atom is -0.340 e. The summed E-state index contributed by atoms with van der Waals surface area (Å²) in [7, 11) is -3.39. The Morgan fingerprint density at radius 2 is 1.57 bits per heavy atom. The summed E-state index contributed by atoms with van der Waals surface area (Å²) in [4.78, 5) is 69.8. The Bertz CT molecular complexity index is 2130. The van der Waals surface area contributed by atoms with Crippen LogP contribution in [0.5, 0.6) is 0 Å². The largest absolute Gasteiger partial charge is 0.404 e. The van der Waals surface area contributed by atoms with Gasteiger partial charge in [0.05, 0.1) is 24.0 Å². The standard InChI is InChI=1S/C40H53F2N6O8PS3/c1-38(2,3)36(52)58-17-15-55-57(54,56-16-18-59-37(53)39(4,5)6)40(41,42)26-11-14-30-24(19-26)20-31(60-30)33(49)44-28-10-8-9-27-12-13-29(48(27)34(28)50)35(51)47-21-25(22-47)32-45-43-23-46(32)7/h11,14,19-20,23,25,27-29H,8-10,12-13,15-18,21-22H2,1-7H3,(H,44,49)/t27-,28-,29-/m0/s1. The van der Waals surface area contributed by atoms with Gasteiger partial charge >= 0.3 is 13.3 Å². The summed E-state index contributed by atoms with van der Waals surface area (Å²) in [6.07, 6.45) is 4.63. The molecule has 0 unspecified atom stereocenters. The lowest BCUT2D eigenvalue weighted by Gasteiger charge is -2.41. The fraction of sp³-hybridized carbons (Fsp3) is 0.625. The molecule has 0 saturated carbocycles. The second kappa shape index (κ2) is 18.2. The SMILES string of the molecule is Cn1cnnc1C1CN(C(=O)[C@@H]2CC[C@@H]3CCC[C@H](NC(=O)c4cc5cc(C(F)(F)P(=O)(OCCSC(=O)C(C)(C)C)OCCSC(=O)C(C)(C)C)ccc5s4)C(=O)N32)C1. The molecular weight excluding hydrogens is 858 g/mol. The van der Waals surface area contributed by atoms with Gasteiger partial charge in [-0.15, -0.1) is 21.5 Å². The van der Waals surface area contributed by atoms with E-state index in [4.69, 9.17) is 9.05 Å². The topological polar surface area (TPSA) is 170 Å². The molecular formula is C40H53F2N6O8PS3. The van der Waals surface area contributed by atoms with E-state index in [1.165, 1.54) is 12.1 Å². The van der Waals surface area contributed by atoms with Gasteiger partial charge in [0, 0.05) is 58.8 Å². The van der Waals surface area contributed by atoms with Crippen LogP contribution in [0.15, 0.2) is 30.6 Å². The van der Waals surface area contributed by atoms with Crippen molar-refractivity contribution in [3.63, 3.8) is 0 Å². The number of nitrogens with zero attached hydrogens (tertiary/aromatic N) is 5. The quantitative estimate of drug-likeness (QED) is 0.128. The Balaban J connectivity index is 1.13. The van der Waals surface area contributed by atoms with Crippen LogP contribution in [-0.2, 0) is 45.5 Å². The van der Waals surface area contributed by atoms with E-state index in [2.05, 4.69) is 15.5 Å². The molecule has 3 atom stereocenters. The molecule has 0 radical (unpaired) electrons. The molecule has 14 nitrogen and oxygen atoms in total. The number of amides is 3. The summed E-state index contributed by atoms with van der Waals surface area (Å²) < 4.78 is 59.8. The molecule has 3 amide bonds. The summed E-state index contributed by atoms with van der Waals surface area (Å²) >= 11 is 2.82. The first-order valence-electron chi connectivity index (χ1n) is 20.0. The van der Waals surface area contributed by atoms with Gasteiger partial charge in [0.15, 0.2) is 10.2 Å². The van der Waals surface area contributed by atoms with E-state index in [0.717, 1.165) is 52.8 Å². The van der Waals surface area contributed by atoms with E-state index in [-0.39, 0.29) is 55.8 Å². The number of thioether (sulfide) groups is 2. The van der Waals surface area contributed by atoms with Crippen molar-refractivity contribution >= 4 is 80.5 Å². The molecule has 0 bridgehead atoms. The van der Waals surface area contributed by atoms with Crippen molar-refractivity contribution in [1.82, 2.24) is 29.9 Å². The van der Waals surface area contributed by atoms with Crippen LogP contribution in [0.2, 0.25) is 0 Å². The minimum absolute atomic E-state index is 0.0404. The van der Waals surface area contributed by atoms with Gasteiger partial charge in [-0.3, -0.25) is 28.5 Å². The lowest BCUT2D eigenvalue weighted by molar-refractivity contribution is -0.148. The second-order valence-corrected chi connectivity index (χ2v) is 22.8. The second-order valence-electron chi connectivity index (χ2n) is 17.5. The zero-order valence-corrected chi connectivity index (χ0v) is 38.2. The number of benzene rings is 1. The van der Waals surface area contributed by atoms with Gasteiger partial charge in [0.25, 0.3) is 5.91 Å². The summed E-state index contributed by atoms with van der Waals surface area (Å²) in [5, 5.41) is 10.9. The monoisotopic (exact) mass is 910 g/mol. The molecule has 3 aromatic rings. The predicted molar refractivity (Wildman–Crippen MR) is 228 cm³/mol. The van der Waals surface area contributed by atoms with E-state index in [9.17, 15) is 28.5 Å². The lowest BCUT2D eigenvalue weighted by Crippen LogP contribution is -2.58. The van der Waals surface area contributed by atoms with Gasteiger partial charge < -0.3 is 28.7 Å². The molecule has 0 aliphatic carbocycles. The molecule has 1 N–H and O–H groups in total. The van der Waals surface area contributed by atoms with E-state index >= 15 is 8.78 Å². The molecule has 60 heavy (non-hydrogen) atoms. The third-order valence-corrected chi connectivity index (χ3v) is 16.4. The molecule has 3 aliphatic heterocycles. The number of hydrogen-bond donors (Lipinski definition) is 1. The molecule has 3 fully saturated rings. The number of aryl methyl sites for hydroxylation is 1. The number of fused-ring (bicyclic) bond motifs is 2. The van der Waals surface area contributed by atoms with E-state index in [1.807, 2.05) is 11.6 Å². The maximum Gasteiger partial charge on any atom is 0.404 e. The Kier molecular flexibility index (Phi) is 14.1. The average molecular weight is 911 g/mol. The van der Waals surface area contributed by atoms with Crippen LogP contribution in [0.3, 0.4) is 0 Å². The number of hydrogen-bond acceptors (Lipinski definition) is 13. The molecule has 0 spiro atoms. The van der Waals surface area contributed by atoms with Gasteiger partial charge in [-0.2, -0.15) is 8.78 Å². The first-order chi connectivity index (χ1) is 28.1. The van der Waals surface area contributed by atoms with Crippen molar-refractivity contribution < 1.29 is 46.4 Å². The highest BCUT2D eigenvalue weighted by Crippen LogP contribution is 2.67. The number of carbonyl (C=O) groups excluding carboxylic acids is 5. The zero-order chi connectivity index (χ0) is 43.8. The average Bonchev–Trinajstić information content (AvgIpc) is 3.88. The number of rotatable bonds is 14. The summed E-state index contributed by atoms with van der Waals surface area (Å²) in [6, 6.07) is 3.46. The van der Waals surface area contributed by atoms with Crippen LogP contribution in [0.1, 0.15) is 101 Å². The van der Waals surface area contributed by atoms with Crippen LogP contribution in [0.4, 0.5) is 8.78 Å². The van der Waals surface area contributed by atoms with Crippen LogP contribution in [0.25, 0.3) is 10.1 Å². The van der Waals surface area contributed by atoms with Crippen molar-refractivity contribution in [3.05, 3.63) is 46.9 Å². The van der Waals surface area contributed by atoms with Crippen LogP contribution >= 0.6 is 42.5 Å². The molecule has 3 aliphatic rings. The summed E-state index contributed by atoms with van der Waals surface area (Å²) in [5.74, 6) is -0.186. The number of alkyl halides is 2. The number of carbonyl (C=O) groups is 5. The first-order valence-corrected chi connectivity index (χ1v) is 24.3. The zero-order valence-electron chi connectivity index (χ0n) is 34.9. The normalized spacial score (nSPS) is 20.6. The highest BCUT2D eigenvalue weighted by atomic mass is 32.2. The molecule has 20 heteroatoms. The molecule has 5 heterocycles. The third kappa shape index (κ3) is 10.0.